The smallest absolute Gasteiger partial charge is 0.365 e. The normalized spacial score (nSPS) is 12.3. The van der Waals surface area contributed by atoms with Crippen molar-refractivity contribution in [2.45, 2.75) is 24.5 Å². The first-order valence-corrected chi connectivity index (χ1v) is 9.30. The summed E-state index contributed by atoms with van der Waals surface area (Å²) in [6, 6.07) is 10.6. The van der Waals surface area contributed by atoms with Gasteiger partial charge in [0.2, 0.25) is 15.8 Å². The van der Waals surface area contributed by atoms with Gasteiger partial charge in [-0.2, -0.15) is 13.2 Å². The van der Waals surface area contributed by atoms with E-state index in [1.54, 1.807) is 12.1 Å². The van der Waals surface area contributed by atoms with Gasteiger partial charge >= 0.3 is 6.18 Å². The lowest BCUT2D eigenvalue weighted by molar-refractivity contribution is -0.144. The summed E-state index contributed by atoms with van der Waals surface area (Å²) < 4.78 is 61.8. The molecular weight excluding hydrogens is 381 g/mol. The Kier molecular flexibility index (Phi) is 4.79. The van der Waals surface area contributed by atoms with Gasteiger partial charge in [-0.05, 0) is 36.8 Å². The Morgan fingerprint density at radius 1 is 1.07 bits per heavy atom. The number of primary sulfonamides is 1. The topological polar surface area (TPSA) is 98.0 Å². The van der Waals surface area contributed by atoms with Gasteiger partial charge in [0.1, 0.15) is 5.82 Å². The number of hydrogen-bond donors (Lipinski definition) is 2. The molecule has 27 heavy (non-hydrogen) atoms. The van der Waals surface area contributed by atoms with E-state index in [9.17, 15) is 21.6 Å². The molecule has 0 saturated heterocycles. The molecule has 0 fully saturated rings. The second-order valence-electron chi connectivity index (χ2n) is 5.96. The molecule has 0 bridgehead atoms. The average Bonchev–Trinajstić information content (AvgIpc) is 2.58. The van der Waals surface area contributed by atoms with Crippen molar-refractivity contribution < 1.29 is 21.6 Å². The van der Waals surface area contributed by atoms with E-state index in [0.717, 1.165) is 5.56 Å². The third-order valence-corrected chi connectivity index (χ3v) is 4.75. The molecule has 0 aliphatic carbocycles. The molecule has 6 nitrogen and oxygen atoms in total. The Hall–Kier alpha value is -2.72. The molecule has 3 aromatic rings. The molecule has 0 spiro atoms. The quantitative estimate of drug-likeness (QED) is 0.706. The average molecular weight is 396 g/mol. The van der Waals surface area contributed by atoms with Gasteiger partial charge in [-0.3, -0.25) is 0 Å². The molecule has 10 heteroatoms. The van der Waals surface area contributed by atoms with Crippen molar-refractivity contribution in [3.05, 3.63) is 59.4 Å². The molecule has 1 aromatic heterocycles. The number of aromatic nitrogens is 2. The maximum atomic E-state index is 13.1. The van der Waals surface area contributed by atoms with Crippen molar-refractivity contribution in [3.63, 3.8) is 0 Å². The Bertz CT molecular complexity index is 1100. The highest BCUT2D eigenvalue weighted by atomic mass is 32.2. The van der Waals surface area contributed by atoms with Gasteiger partial charge < -0.3 is 5.32 Å². The highest BCUT2D eigenvalue weighted by molar-refractivity contribution is 7.89. The predicted molar refractivity (Wildman–Crippen MR) is 94.4 cm³/mol. The minimum atomic E-state index is -4.67. The SMILES string of the molecule is Cc1ccc2nc(C(F)(F)F)nc(NCc3ccc(S(N)(=O)=O)cc3)c2c1. The molecule has 142 valence electrons. The fourth-order valence-electron chi connectivity index (χ4n) is 2.49. The van der Waals surface area contributed by atoms with E-state index in [4.69, 9.17) is 5.14 Å². The number of anilines is 1. The number of nitrogens with one attached hydrogen (secondary N) is 1. The number of nitrogens with two attached hydrogens (primary N) is 1. The first kappa shape index (κ1) is 19.1. The standard InChI is InChI=1S/C17H15F3N4O2S/c1-10-2-7-14-13(8-10)15(24-16(23-14)17(18,19)20)22-9-11-3-5-12(6-4-11)27(21,25)26/h2-8H,9H2,1H3,(H2,21,25,26)(H,22,23,24). The van der Waals surface area contributed by atoms with Crippen LogP contribution in [-0.4, -0.2) is 18.4 Å². The summed E-state index contributed by atoms with van der Waals surface area (Å²) in [5, 5.41) is 8.37. The molecule has 0 unspecified atom stereocenters. The lowest BCUT2D eigenvalue weighted by Gasteiger charge is -2.13. The number of alkyl halides is 3. The first-order valence-electron chi connectivity index (χ1n) is 7.75. The van der Waals surface area contributed by atoms with Crippen LogP contribution < -0.4 is 10.5 Å². The first-order chi connectivity index (χ1) is 12.5. The zero-order chi connectivity index (χ0) is 19.8. The van der Waals surface area contributed by atoms with Crippen LogP contribution in [0.3, 0.4) is 0 Å². The maximum absolute atomic E-state index is 13.1. The molecule has 0 aliphatic heterocycles. The highest BCUT2D eigenvalue weighted by Crippen LogP contribution is 2.30. The van der Waals surface area contributed by atoms with Gasteiger partial charge in [-0.1, -0.05) is 23.8 Å². The Balaban J connectivity index is 1.94. The molecule has 2 aromatic carbocycles. The Labute approximate surface area is 153 Å². The summed E-state index contributed by atoms with van der Waals surface area (Å²) >= 11 is 0. The van der Waals surface area contributed by atoms with E-state index in [-0.39, 0.29) is 22.8 Å². The second-order valence-corrected chi connectivity index (χ2v) is 7.52. The van der Waals surface area contributed by atoms with Gasteiger partial charge in [0.15, 0.2) is 0 Å². The third-order valence-electron chi connectivity index (χ3n) is 3.82. The number of fused-ring (bicyclic) bond motifs is 1. The molecule has 3 N–H and O–H groups in total. The van der Waals surface area contributed by atoms with Crippen molar-refractivity contribution >= 4 is 26.7 Å². The lowest BCUT2D eigenvalue weighted by atomic mass is 10.1. The number of rotatable bonds is 4. The fraction of sp³-hybridized carbons (Fsp3) is 0.176. The minimum absolute atomic E-state index is 0.0475. The molecule has 0 aliphatic rings. The monoisotopic (exact) mass is 396 g/mol. The number of nitrogens with zero attached hydrogens (tertiary/aromatic N) is 2. The number of aryl methyl sites for hydroxylation is 1. The van der Waals surface area contributed by atoms with Gasteiger partial charge in [0, 0.05) is 11.9 Å². The van der Waals surface area contributed by atoms with Crippen LogP contribution in [0.1, 0.15) is 17.0 Å². The van der Waals surface area contributed by atoms with Crippen LogP contribution in [0.4, 0.5) is 19.0 Å². The van der Waals surface area contributed by atoms with Crippen molar-refractivity contribution in [2.75, 3.05) is 5.32 Å². The molecule has 0 atom stereocenters. The second kappa shape index (κ2) is 6.78. The molecule has 0 saturated carbocycles. The Morgan fingerprint density at radius 3 is 2.33 bits per heavy atom. The minimum Gasteiger partial charge on any atom is -0.365 e. The van der Waals surface area contributed by atoms with Crippen LogP contribution >= 0.6 is 0 Å². The highest BCUT2D eigenvalue weighted by Gasteiger charge is 2.35. The summed E-state index contributed by atoms with van der Waals surface area (Å²) in [6.07, 6.45) is -4.67. The summed E-state index contributed by atoms with van der Waals surface area (Å²) in [6.45, 7) is 1.95. The van der Waals surface area contributed by atoms with Crippen LogP contribution in [0, 0.1) is 6.92 Å². The predicted octanol–water partition coefficient (Wildman–Crippen LogP) is 3.22. The Morgan fingerprint density at radius 2 is 1.74 bits per heavy atom. The van der Waals surface area contributed by atoms with E-state index in [2.05, 4.69) is 15.3 Å². The van der Waals surface area contributed by atoms with E-state index >= 15 is 0 Å². The number of hydrogen-bond acceptors (Lipinski definition) is 5. The summed E-state index contributed by atoms with van der Waals surface area (Å²) in [7, 11) is -3.81. The van der Waals surface area contributed by atoms with E-state index in [1.165, 1.54) is 30.3 Å². The van der Waals surface area contributed by atoms with Crippen molar-refractivity contribution in [2.24, 2.45) is 5.14 Å². The fourth-order valence-corrected chi connectivity index (χ4v) is 3.00. The third kappa shape index (κ3) is 4.34. The summed E-state index contributed by atoms with van der Waals surface area (Å²) in [5.41, 5.74) is 1.68. The molecule has 0 amide bonds. The van der Waals surface area contributed by atoms with Crippen LogP contribution in [-0.2, 0) is 22.7 Å². The largest absolute Gasteiger partial charge is 0.451 e. The van der Waals surface area contributed by atoms with E-state index < -0.39 is 22.0 Å². The maximum Gasteiger partial charge on any atom is 0.451 e. The summed E-state index contributed by atoms with van der Waals surface area (Å²) in [5.74, 6) is -1.18. The van der Waals surface area contributed by atoms with Crippen molar-refractivity contribution in [1.29, 1.82) is 0 Å². The van der Waals surface area contributed by atoms with E-state index in [0.29, 0.717) is 10.9 Å². The van der Waals surface area contributed by atoms with Crippen LogP contribution in [0.25, 0.3) is 10.9 Å². The van der Waals surface area contributed by atoms with Crippen LogP contribution in [0.15, 0.2) is 47.4 Å². The molecule has 3 rings (SSSR count). The number of sulfonamides is 1. The molecular formula is C17H15F3N4O2S. The van der Waals surface area contributed by atoms with Crippen LogP contribution in [0.2, 0.25) is 0 Å². The van der Waals surface area contributed by atoms with Gasteiger partial charge in [-0.25, -0.2) is 23.5 Å². The number of benzene rings is 2. The molecule has 0 radical (unpaired) electrons. The summed E-state index contributed by atoms with van der Waals surface area (Å²) in [4.78, 5) is 7.16. The van der Waals surface area contributed by atoms with Gasteiger partial charge in [0.05, 0.1) is 10.4 Å². The zero-order valence-electron chi connectivity index (χ0n) is 14.1. The van der Waals surface area contributed by atoms with Crippen molar-refractivity contribution in [1.82, 2.24) is 9.97 Å². The number of halogens is 3. The van der Waals surface area contributed by atoms with E-state index in [1.807, 2.05) is 6.92 Å². The van der Waals surface area contributed by atoms with Crippen LogP contribution in [0.5, 0.6) is 0 Å². The lowest BCUT2D eigenvalue weighted by Crippen LogP contribution is -2.14. The van der Waals surface area contributed by atoms with Gasteiger partial charge in [0.25, 0.3) is 0 Å². The van der Waals surface area contributed by atoms with Crippen molar-refractivity contribution in [3.8, 4) is 0 Å². The zero-order valence-corrected chi connectivity index (χ0v) is 14.9. The molecule has 1 heterocycles. The van der Waals surface area contributed by atoms with Gasteiger partial charge in [-0.15, -0.1) is 0 Å².